The van der Waals surface area contributed by atoms with Crippen molar-refractivity contribution in [1.82, 2.24) is 19.6 Å². The van der Waals surface area contributed by atoms with Crippen LogP contribution in [0.3, 0.4) is 0 Å². The standard InChI is InChI=1S/C17H18N6O/c1-11-8-15(23-17(21-11)19-10-20-23)18-9-12-2-6-14(7-3-12)22-16(24)13-4-5-13/h2-3,6-8,10,13,18H,4-5,9H2,1H3,(H,22,24). The van der Waals surface area contributed by atoms with E-state index in [-0.39, 0.29) is 11.8 Å². The van der Waals surface area contributed by atoms with Gasteiger partial charge in [-0.1, -0.05) is 12.1 Å². The van der Waals surface area contributed by atoms with Crippen LogP contribution in [0.2, 0.25) is 0 Å². The molecule has 0 unspecified atom stereocenters. The summed E-state index contributed by atoms with van der Waals surface area (Å²) in [7, 11) is 0. The van der Waals surface area contributed by atoms with E-state index in [9.17, 15) is 4.79 Å². The van der Waals surface area contributed by atoms with Crippen molar-refractivity contribution in [2.75, 3.05) is 10.6 Å². The van der Waals surface area contributed by atoms with Crippen molar-refractivity contribution in [3.8, 4) is 0 Å². The highest BCUT2D eigenvalue weighted by Crippen LogP contribution is 2.30. The molecule has 0 bridgehead atoms. The first kappa shape index (κ1) is 14.6. The molecule has 1 aliphatic rings. The van der Waals surface area contributed by atoms with Gasteiger partial charge in [0, 0.05) is 29.9 Å². The lowest BCUT2D eigenvalue weighted by molar-refractivity contribution is -0.117. The van der Waals surface area contributed by atoms with Crippen LogP contribution in [0.25, 0.3) is 5.78 Å². The van der Waals surface area contributed by atoms with E-state index < -0.39 is 0 Å². The van der Waals surface area contributed by atoms with Crippen LogP contribution < -0.4 is 10.6 Å². The Labute approximate surface area is 139 Å². The summed E-state index contributed by atoms with van der Waals surface area (Å²) in [6.07, 6.45) is 3.51. The molecule has 2 N–H and O–H groups in total. The van der Waals surface area contributed by atoms with Gasteiger partial charge in [-0.15, -0.1) is 0 Å². The molecule has 4 rings (SSSR count). The fourth-order valence-corrected chi connectivity index (χ4v) is 2.54. The molecule has 1 amide bonds. The fourth-order valence-electron chi connectivity index (χ4n) is 2.54. The van der Waals surface area contributed by atoms with Crippen LogP contribution in [0.4, 0.5) is 11.5 Å². The van der Waals surface area contributed by atoms with Crippen molar-refractivity contribution in [3.05, 3.63) is 47.9 Å². The highest BCUT2D eigenvalue weighted by atomic mass is 16.2. The van der Waals surface area contributed by atoms with Crippen LogP contribution in [0.5, 0.6) is 0 Å². The number of carbonyl (C=O) groups excluding carboxylic acids is 1. The largest absolute Gasteiger partial charge is 0.366 e. The fraction of sp³-hybridized carbons (Fsp3) is 0.294. The van der Waals surface area contributed by atoms with E-state index in [1.165, 1.54) is 6.33 Å². The van der Waals surface area contributed by atoms with Crippen molar-refractivity contribution in [1.29, 1.82) is 0 Å². The van der Waals surface area contributed by atoms with E-state index in [2.05, 4.69) is 25.7 Å². The number of carbonyl (C=O) groups is 1. The van der Waals surface area contributed by atoms with Crippen molar-refractivity contribution >= 4 is 23.2 Å². The average Bonchev–Trinajstić information content (AvgIpc) is 3.33. The number of aromatic nitrogens is 4. The van der Waals surface area contributed by atoms with Crippen LogP contribution >= 0.6 is 0 Å². The summed E-state index contributed by atoms with van der Waals surface area (Å²) in [5.41, 5.74) is 2.84. The molecule has 0 spiro atoms. The summed E-state index contributed by atoms with van der Waals surface area (Å²) in [6.45, 7) is 2.58. The van der Waals surface area contributed by atoms with Crippen molar-refractivity contribution in [3.63, 3.8) is 0 Å². The van der Waals surface area contributed by atoms with Crippen LogP contribution in [-0.4, -0.2) is 25.5 Å². The van der Waals surface area contributed by atoms with E-state index in [4.69, 9.17) is 0 Å². The van der Waals surface area contributed by atoms with Gasteiger partial charge in [-0.05, 0) is 37.5 Å². The number of amides is 1. The van der Waals surface area contributed by atoms with Crippen molar-refractivity contribution in [2.45, 2.75) is 26.3 Å². The molecule has 24 heavy (non-hydrogen) atoms. The van der Waals surface area contributed by atoms with Gasteiger partial charge >= 0.3 is 0 Å². The Hall–Kier alpha value is -2.96. The lowest BCUT2D eigenvalue weighted by Crippen LogP contribution is -2.13. The third-order valence-corrected chi connectivity index (χ3v) is 4.02. The number of hydrogen-bond acceptors (Lipinski definition) is 5. The Morgan fingerprint density at radius 3 is 2.83 bits per heavy atom. The lowest BCUT2D eigenvalue weighted by atomic mass is 10.2. The van der Waals surface area contributed by atoms with Gasteiger partial charge in [0.05, 0.1) is 0 Å². The van der Waals surface area contributed by atoms with Gasteiger partial charge in [0.1, 0.15) is 12.1 Å². The maximum absolute atomic E-state index is 11.8. The molecule has 122 valence electrons. The van der Waals surface area contributed by atoms with E-state index >= 15 is 0 Å². The maximum atomic E-state index is 11.8. The molecular formula is C17H18N6O. The Balaban J connectivity index is 1.43. The molecule has 0 radical (unpaired) electrons. The number of rotatable bonds is 5. The van der Waals surface area contributed by atoms with E-state index in [1.54, 1.807) is 4.52 Å². The zero-order valence-corrected chi connectivity index (χ0v) is 13.4. The minimum atomic E-state index is 0.127. The predicted octanol–water partition coefficient (Wildman–Crippen LogP) is 2.39. The van der Waals surface area contributed by atoms with Gasteiger partial charge in [-0.2, -0.15) is 14.6 Å². The average molecular weight is 322 g/mol. The first-order valence-electron chi connectivity index (χ1n) is 8.00. The number of anilines is 2. The molecule has 1 aliphatic carbocycles. The zero-order chi connectivity index (χ0) is 16.5. The number of nitrogens with zero attached hydrogens (tertiary/aromatic N) is 4. The van der Waals surface area contributed by atoms with Gasteiger partial charge in [-0.25, -0.2) is 4.98 Å². The molecule has 1 fully saturated rings. The minimum absolute atomic E-state index is 0.127. The third-order valence-electron chi connectivity index (χ3n) is 4.02. The van der Waals surface area contributed by atoms with E-state index in [0.717, 1.165) is 35.6 Å². The molecular weight excluding hydrogens is 304 g/mol. The number of benzene rings is 1. The summed E-state index contributed by atoms with van der Waals surface area (Å²) in [6, 6.07) is 9.80. The van der Waals surface area contributed by atoms with Gasteiger partial charge in [0.2, 0.25) is 5.91 Å². The summed E-state index contributed by atoms with van der Waals surface area (Å²) >= 11 is 0. The Bertz CT molecular complexity index is 882. The molecule has 0 aliphatic heterocycles. The molecule has 7 heteroatoms. The van der Waals surface area contributed by atoms with Crippen LogP contribution in [0, 0.1) is 12.8 Å². The SMILES string of the molecule is Cc1cc(NCc2ccc(NC(=O)C3CC3)cc2)n2ncnc2n1. The summed E-state index contributed by atoms with van der Waals surface area (Å²) in [4.78, 5) is 20.2. The molecule has 2 aromatic heterocycles. The van der Waals surface area contributed by atoms with Crippen molar-refractivity contribution < 1.29 is 4.79 Å². The summed E-state index contributed by atoms with van der Waals surface area (Å²) in [5, 5.41) is 10.5. The Kier molecular flexibility index (Phi) is 3.60. The number of aryl methyl sites for hydroxylation is 1. The van der Waals surface area contributed by atoms with Crippen LogP contribution in [0.1, 0.15) is 24.1 Å². The van der Waals surface area contributed by atoms with E-state index in [0.29, 0.717) is 12.3 Å². The number of nitrogens with one attached hydrogen (secondary N) is 2. The number of fused-ring (bicyclic) bond motifs is 1. The van der Waals surface area contributed by atoms with Gasteiger partial charge < -0.3 is 10.6 Å². The Morgan fingerprint density at radius 2 is 2.08 bits per heavy atom. The van der Waals surface area contributed by atoms with E-state index in [1.807, 2.05) is 37.3 Å². The predicted molar refractivity (Wildman–Crippen MR) is 90.6 cm³/mol. The van der Waals surface area contributed by atoms with Crippen LogP contribution in [0.15, 0.2) is 36.7 Å². The Morgan fingerprint density at radius 1 is 1.29 bits per heavy atom. The van der Waals surface area contributed by atoms with Crippen molar-refractivity contribution in [2.24, 2.45) is 5.92 Å². The van der Waals surface area contributed by atoms with Gasteiger partial charge in [-0.3, -0.25) is 4.79 Å². The molecule has 3 aromatic rings. The smallest absolute Gasteiger partial charge is 0.254 e. The monoisotopic (exact) mass is 322 g/mol. The topological polar surface area (TPSA) is 84.2 Å². The molecule has 2 heterocycles. The highest BCUT2D eigenvalue weighted by molar-refractivity contribution is 5.94. The summed E-state index contributed by atoms with van der Waals surface area (Å²) in [5.74, 6) is 1.77. The molecule has 7 nitrogen and oxygen atoms in total. The third kappa shape index (κ3) is 3.05. The molecule has 0 saturated heterocycles. The lowest BCUT2D eigenvalue weighted by Gasteiger charge is -2.10. The molecule has 1 aromatic carbocycles. The first-order chi connectivity index (χ1) is 11.7. The van der Waals surface area contributed by atoms with Gasteiger partial charge in [0.25, 0.3) is 5.78 Å². The second kappa shape index (κ2) is 5.92. The second-order valence-corrected chi connectivity index (χ2v) is 6.07. The molecule has 0 atom stereocenters. The number of hydrogen-bond donors (Lipinski definition) is 2. The minimum Gasteiger partial charge on any atom is -0.366 e. The molecule has 1 saturated carbocycles. The van der Waals surface area contributed by atoms with Crippen LogP contribution in [-0.2, 0) is 11.3 Å². The highest BCUT2D eigenvalue weighted by Gasteiger charge is 2.29. The second-order valence-electron chi connectivity index (χ2n) is 6.07. The quantitative estimate of drug-likeness (QED) is 0.753. The summed E-state index contributed by atoms with van der Waals surface area (Å²) < 4.78 is 1.68. The van der Waals surface area contributed by atoms with Gasteiger partial charge in [0.15, 0.2) is 0 Å². The zero-order valence-electron chi connectivity index (χ0n) is 13.4. The normalized spacial score (nSPS) is 13.9. The maximum Gasteiger partial charge on any atom is 0.254 e. The first-order valence-corrected chi connectivity index (χ1v) is 8.00.